The zero-order chi connectivity index (χ0) is 53.5. The van der Waals surface area contributed by atoms with Gasteiger partial charge in [-0.3, -0.25) is 14.2 Å². The maximum Gasteiger partial charge on any atom is 0.306 e. The van der Waals surface area contributed by atoms with Crippen molar-refractivity contribution in [3.8, 4) is 0 Å². The standard InChI is InChI=1S/C63H124NO8P/c1-6-8-10-12-14-16-18-20-21-22-23-24-25-26-27-28-29-30-31-32-33-34-35-36-37-38-39-40-41-42-43-44-46-47-49-51-53-55-62(65)69-59-61(60-71-73(67,68)70-58-57-64(3,4)5)72-63(66)56-54-52-50-48-45-19-17-15-13-11-9-7-2/h15,17,61H,6-14,16,18-60H2,1-5H3/b17-15-. The van der Waals surface area contributed by atoms with Crippen LogP contribution in [0, 0.1) is 0 Å². The molecule has 0 saturated heterocycles. The molecule has 0 aromatic heterocycles. The number of esters is 2. The smallest absolute Gasteiger partial charge is 0.306 e. The molecule has 0 amide bonds. The Morgan fingerprint density at radius 3 is 1.04 bits per heavy atom. The van der Waals surface area contributed by atoms with Gasteiger partial charge in [-0.1, -0.05) is 289 Å². The van der Waals surface area contributed by atoms with E-state index in [0.717, 1.165) is 57.8 Å². The molecule has 0 spiro atoms. The van der Waals surface area contributed by atoms with Crippen molar-refractivity contribution < 1.29 is 42.1 Å². The Labute approximate surface area is 454 Å². The number of phosphoric acid groups is 1. The summed E-state index contributed by atoms with van der Waals surface area (Å²) in [5.74, 6) is -0.828. The third-order valence-corrected chi connectivity index (χ3v) is 15.5. The Bertz CT molecular complexity index is 1240. The van der Waals surface area contributed by atoms with E-state index in [2.05, 4.69) is 26.0 Å². The maximum atomic E-state index is 12.7. The zero-order valence-electron chi connectivity index (χ0n) is 49.4. The monoisotopic (exact) mass is 1050 g/mol. The fourth-order valence-corrected chi connectivity index (χ4v) is 10.3. The molecule has 2 atom stereocenters. The Morgan fingerprint density at radius 1 is 0.411 bits per heavy atom. The van der Waals surface area contributed by atoms with E-state index in [0.29, 0.717) is 17.4 Å². The molecular formula is C63H124NO8P. The SMILES string of the molecule is CCCCC/C=C\CCCCCCCC(=O)OC(COC(=O)CCCCCCCCCCCCCCCCCCCCCCCCCCCCCCCCCCCCCCC)COP(=O)([O-])OCC[N+](C)(C)C. The minimum absolute atomic E-state index is 0.0290. The second-order valence-corrected chi connectivity index (χ2v) is 24.5. The summed E-state index contributed by atoms with van der Waals surface area (Å²) in [6.07, 6.45) is 66.0. The summed E-state index contributed by atoms with van der Waals surface area (Å²) in [5.41, 5.74) is 0. The summed E-state index contributed by atoms with van der Waals surface area (Å²) in [4.78, 5) is 37.8. The lowest BCUT2D eigenvalue weighted by Crippen LogP contribution is -2.37. The lowest BCUT2D eigenvalue weighted by molar-refractivity contribution is -0.870. The van der Waals surface area contributed by atoms with Crippen molar-refractivity contribution in [2.45, 2.75) is 335 Å². The minimum atomic E-state index is -4.63. The number of ether oxygens (including phenoxy) is 2. The zero-order valence-corrected chi connectivity index (χ0v) is 50.3. The van der Waals surface area contributed by atoms with E-state index in [1.54, 1.807) is 0 Å². The first-order valence-corrected chi connectivity index (χ1v) is 33.4. The summed E-state index contributed by atoms with van der Waals surface area (Å²) in [7, 11) is 1.18. The lowest BCUT2D eigenvalue weighted by atomic mass is 10.0. The number of allylic oxidation sites excluding steroid dienone is 2. The van der Waals surface area contributed by atoms with Crippen LogP contribution in [0.15, 0.2) is 12.2 Å². The van der Waals surface area contributed by atoms with Crippen molar-refractivity contribution in [1.82, 2.24) is 0 Å². The highest BCUT2D eigenvalue weighted by Gasteiger charge is 2.22. The number of hydrogen-bond donors (Lipinski definition) is 0. The molecule has 73 heavy (non-hydrogen) atoms. The van der Waals surface area contributed by atoms with Gasteiger partial charge < -0.3 is 27.9 Å². The predicted molar refractivity (Wildman–Crippen MR) is 310 cm³/mol. The van der Waals surface area contributed by atoms with Crippen LogP contribution in [-0.4, -0.2) is 70.0 Å². The average Bonchev–Trinajstić information content (AvgIpc) is 3.35. The predicted octanol–water partition coefficient (Wildman–Crippen LogP) is 19.4. The number of likely N-dealkylation sites (N-methyl/N-ethyl adjacent to an activating group) is 1. The first kappa shape index (κ1) is 71.8. The summed E-state index contributed by atoms with van der Waals surface area (Å²) in [6.45, 7) is 4.25. The molecule has 434 valence electrons. The molecule has 0 saturated carbocycles. The van der Waals surface area contributed by atoms with Crippen LogP contribution < -0.4 is 4.89 Å². The molecular weight excluding hydrogens is 930 g/mol. The summed E-state index contributed by atoms with van der Waals surface area (Å²) < 4.78 is 34.1. The number of quaternary nitrogens is 1. The Hall–Kier alpha value is -1.25. The number of unbranched alkanes of at least 4 members (excludes halogenated alkanes) is 44. The van der Waals surface area contributed by atoms with E-state index in [-0.39, 0.29) is 32.0 Å². The molecule has 0 bridgehead atoms. The number of phosphoric ester groups is 1. The molecule has 2 unspecified atom stereocenters. The van der Waals surface area contributed by atoms with E-state index < -0.39 is 26.5 Å². The van der Waals surface area contributed by atoms with Gasteiger partial charge in [-0.25, -0.2) is 0 Å². The number of nitrogens with zero attached hydrogens (tertiary/aromatic N) is 1. The average molecular weight is 1050 g/mol. The van der Waals surface area contributed by atoms with Gasteiger partial charge >= 0.3 is 11.9 Å². The van der Waals surface area contributed by atoms with Gasteiger partial charge in [-0.05, 0) is 38.5 Å². The van der Waals surface area contributed by atoms with Crippen molar-refractivity contribution in [3.05, 3.63) is 12.2 Å². The van der Waals surface area contributed by atoms with E-state index in [9.17, 15) is 19.0 Å². The van der Waals surface area contributed by atoms with Crippen LogP contribution in [0.2, 0.25) is 0 Å². The van der Waals surface area contributed by atoms with Gasteiger partial charge in [0.25, 0.3) is 7.82 Å². The van der Waals surface area contributed by atoms with Gasteiger partial charge in [0.1, 0.15) is 19.8 Å². The van der Waals surface area contributed by atoms with Crippen LogP contribution in [0.1, 0.15) is 328 Å². The number of carbonyl (C=O) groups excluding carboxylic acids is 2. The van der Waals surface area contributed by atoms with Crippen LogP contribution >= 0.6 is 7.82 Å². The molecule has 0 fully saturated rings. The van der Waals surface area contributed by atoms with Gasteiger partial charge in [0.15, 0.2) is 6.10 Å². The first-order valence-electron chi connectivity index (χ1n) is 31.9. The van der Waals surface area contributed by atoms with E-state index in [4.69, 9.17) is 18.5 Å². The highest BCUT2D eigenvalue weighted by Crippen LogP contribution is 2.38. The number of hydrogen-bond acceptors (Lipinski definition) is 8. The summed E-state index contributed by atoms with van der Waals surface area (Å²) in [6, 6.07) is 0. The summed E-state index contributed by atoms with van der Waals surface area (Å²) in [5, 5.41) is 0. The van der Waals surface area contributed by atoms with E-state index in [1.165, 1.54) is 238 Å². The number of carbonyl (C=O) groups is 2. The highest BCUT2D eigenvalue weighted by atomic mass is 31.2. The largest absolute Gasteiger partial charge is 0.756 e. The molecule has 0 heterocycles. The fourth-order valence-electron chi connectivity index (χ4n) is 9.60. The first-order chi connectivity index (χ1) is 35.5. The van der Waals surface area contributed by atoms with Crippen LogP contribution in [0.4, 0.5) is 0 Å². The molecule has 0 aromatic rings. The quantitative estimate of drug-likeness (QED) is 0.0195. The van der Waals surface area contributed by atoms with Crippen LogP contribution in [0.25, 0.3) is 0 Å². The highest BCUT2D eigenvalue weighted by molar-refractivity contribution is 7.45. The molecule has 10 heteroatoms. The fraction of sp³-hybridized carbons (Fsp3) is 0.937. The molecule has 0 radical (unpaired) electrons. The lowest BCUT2D eigenvalue weighted by Gasteiger charge is -2.28. The van der Waals surface area contributed by atoms with Crippen LogP contribution in [0.3, 0.4) is 0 Å². The molecule has 0 aromatic carbocycles. The second-order valence-electron chi connectivity index (χ2n) is 23.1. The third-order valence-electron chi connectivity index (χ3n) is 14.5. The second kappa shape index (κ2) is 55.5. The molecule has 9 nitrogen and oxygen atoms in total. The summed E-state index contributed by atoms with van der Waals surface area (Å²) >= 11 is 0. The Balaban J connectivity index is 3.82. The normalized spacial score (nSPS) is 13.2. The molecule has 0 rings (SSSR count). The third kappa shape index (κ3) is 59.8. The number of rotatable bonds is 60. The van der Waals surface area contributed by atoms with Crippen molar-refractivity contribution in [3.63, 3.8) is 0 Å². The molecule has 0 aliphatic carbocycles. The molecule has 0 N–H and O–H groups in total. The van der Waals surface area contributed by atoms with Gasteiger partial charge in [-0.15, -0.1) is 0 Å². The van der Waals surface area contributed by atoms with Crippen LogP contribution in [-0.2, 0) is 32.7 Å². The van der Waals surface area contributed by atoms with Crippen molar-refractivity contribution >= 4 is 19.8 Å². The van der Waals surface area contributed by atoms with Gasteiger partial charge in [-0.2, -0.15) is 0 Å². The molecule has 0 aliphatic rings. The van der Waals surface area contributed by atoms with Gasteiger partial charge in [0, 0.05) is 12.8 Å². The van der Waals surface area contributed by atoms with E-state index in [1.807, 2.05) is 21.1 Å². The topological polar surface area (TPSA) is 111 Å². The van der Waals surface area contributed by atoms with E-state index >= 15 is 0 Å². The van der Waals surface area contributed by atoms with Crippen molar-refractivity contribution in [2.75, 3.05) is 47.5 Å². The molecule has 0 aliphatic heterocycles. The maximum absolute atomic E-state index is 12.7. The Kier molecular flexibility index (Phi) is 54.6. The van der Waals surface area contributed by atoms with Crippen molar-refractivity contribution in [2.24, 2.45) is 0 Å². The van der Waals surface area contributed by atoms with Crippen LogP contribution in [0.5, 0.6) is 0 Å². The van der Waals surface area contributed by atoms with Gasteiger partial charge in [0.2, 0.25) is 0 Å². The Morgan fingerprint density at radius 2 is 0.699 bits per heavy atom. The van der Waals surface area contributed by atoms with Gasteiger partial charge in [0.05, 0.1) is 27.7 Å². The van der Waals surface area contributed by atoms with Crippen molar-refractivity contribution in [1.29, 1.82) is 0 Å². The minimum Gasteiger partial charge on any atom is -0.756 e.